The first-order chi connectivity index (χ1) is 23.7. The van der Waals surface area contributed by atoms with Crippen molar-refractivity contribution in [3.05, 3.63) is 77.5 Å². The number of piperidine rings is 1. The lowest BCUT2D eigenvalue weighted by Gasteiger charge is -2.43. The monoisotopic (exact) mass is 686 g/mol. The number of likely N-dealkylation sites (N-methyl/N-ethyl adjacent to an activating group) is 1. The van der Waals surface area contributed by atoms with Gasteiger partial charge >= 0.3 is 0 Å². The quantitative estimate of drug-likeness (QED) is 0.312. The van der Waals surface area contributed by atoms with Crippen molar-refractivity contribution in [2.75, 3.05) is 63.8 Å². The molecule has 2 fully saturated rings. The first kappa shape index (κ1) is 34.4. The first-order valence-electron chi connectivity index (χ1n) is 16.8. The van der Waals surface area contributed by atoms with Gasteiger partial charge in [0.25, 0.3) is 15.9 Å². The highest BCUT2D eigenvalue weighted by Gasteiger charge is 2.58. The third-order valence-corrected chi connectivity index (χ3v) is 11.8. The number of benzene rings is 2. The van der Waals surface area contributed by atoms with E-state index in [0.29, 0.717) is 24.9 Å². The van der Waals surface area contributed by atoms with E-state index in [0.717, 1.165) is 49.9 Å². The van der Waals surface area contributed by atoms with Gasteiger partial charge in [0.15, 0.2) is 0 Å². The summed E-state index contributed by atoms with van der Waals surface area (Å²) in [6.45, 7) is 10.3. The maximum atomic E-state index is 15.1. The average molecular weight is 687 g/mol. The zero-order valence-corrected chi connectivity index (χ0v) is 29.0. The van der Waals surface area contributed by atoms with Crippen LogP contribution in [0, 0.1) is 11.3 Å². The molecular weight excluding hydrogens is 644 g/mol. The van der Waals surface area contributed by atoms with E-state index in [4.69, 9.17) is 9.47 Å². The van der Waals surface area contributed by atoms with Crippen LogP contribution in [-0.2, 0) is 25.0 Å². The van der Waals surface area contributed by atoms with Crippen LogP contribution in [0.5, 0.6) is 11.6 Å². The second kappa shape index (κ2) is 14.2. The number of ether oxygens (including phenoxy) is 2. The molecule has 0 N–H and O–H groups in total. The summed E-state index contributed by atoms with van der Waals surface area (Å²) >= 11 is 0. The number of likely N-dealkylation sites (tertiary alicyclic amines) is 1. The zero-order chi connectivity index (χ0) is 34.8. The molecule has 1 atom stereocenters. The number of amides is 2. The normalized spacial score (nSPS) is 20.6. The topological polar surface area (TPSA) is 136 Å². The lowest BCUT2D eigenvalue weighted by Crippen LogP contribution is -2.54. The van der Waals surface area contributed by atoms with E-state index in [1.807, 2.05) is 0 Å². The summed E-state index contributed by atoms with van der Waals surface area (Å²) in [7, 11) is -3.01. The average Bonchev–Trinajstić information content (AvgIpc) is 3.39. The van der Waals surface area contributed by atoms with Gasteiger partial charge in [0.2, 0.25) is 11.8 Å². The smallest absolute Gasteiger partial charge is 0.270 e. The Balaban J connectivity index is 1.40. The third-order valence-electron chi connectivity index (χ3n) is 10.1. The van der Waals surface area contributed by atoms with Gasteiger partial charge in [-0.2, -0.15) is 5.26 Å². The van der Waals surface area contributed by atoms with Crippen molar-refractivity contribution in [3.63, 3.8) is 0 Å². The summed E-state index contributed by atoms with van der Waals surface area (Å²) in [4.78, 5) is 40.5. The molecule has 3 aliphatic rings. The van der Waals surface area contributed by atoms with Gasteiger partial charge in [0.1, 0.15) is 11.2 Å². The summed E-state index contributed by atoms with van der Waals surface area (Å²) < 4.78 is 40.6. The molecular formula is C36H42N6O6S. The van der Waals surface area contributed by atoms with Crippen LogP contribution in [0.2, 0.25) is 0 Å². The Morgan fingerprint density at radius 1 is 1.00 bits per heavy atom. The summed E-state index contributed by atoms with van der Waals surface area (Å²) in [6.07, 6.45) is 2.77. The minimum atomic E-state index is -4.49. The second-order valence-electron chi connectivity index (χ2n) is 12.5. The van der Waals surface area contributed by atoms with Crippen LogP contribution in [0.3, 0.4) is 0 Å². The van der Waals surface area contributed by atoms with E-state index in [9.17, 15) is 18.5 Å². The van der Waals surface area contributed by atoms with E-state index in [-0.39, 0.29) is 52.1 Å². The third kappa shape index (κ3) is 6.24. The highest BCUT2D eigenvalue weighted by molar-refractivity contribution is 7.93. The molecule has 1 unspecified atom stereocenters. The molecule has 258 valence electrons. The van der Waals surface area contributed by atoms with Crippen LogP contribution in [0.1, 0.15) is 49.8 Å². The highest BCUT2D eigenvalue weighted by Crippen LogP contribution is 2.52. The Morgan fingerprint density at radius 2 is 1.71 bits per heavy atom. The molecule has 4 heterocycles. The van der Waals surface area contributed by atoms with Gasteiger partial charge < -0.3 is 19.3 Å². The van der Waals surface area contributed by atoms with Crippen molar-refractivity contribution in [2.45, 2.75) is 49.5 Å². The lowest BCUT2D eigenvalue weighted by atomic mass is 9.72. The van der Waals surface area contributed by atoms with Gasteiger partial charge in [-0.15, -0.1) is 0 Å². The van der Waals surface area contributed by atoms with Crippen molar-refractivity contribution in [1.82, 2.24) is 19.7 Å². The molecule has 49 heavy (non-hydrogen) atoms. The molecule has 3 aromatic rings. The molecule has 0 aliphatic carbocycles. The molecule has 2 aromatic carbocycles. The maximum Gasteiger partial charge on any atom is 0.270 e. The largest absolute Gasteiger partial charge is 0.497 e. The van der Waals surface area contributed by atoms with E-state index < -0.39 is 21.3 Å². The van der Waals surface area contributed by atoms with E-state index in [2.05, 4.69) is 27.8 Å². The van der Waals surface area contributed by atoms with Crippen molar-refractivity contribution in [3.8, 4) is 17.7 Å². The van der Waals surface area contributed by atoms with Gasteiger partial charge in [-0.25, -0.2) is 17.7 Å². The minimum absolute atomic E-state index is 0.0730. The highest BCUT2D eigenvalue weighted by atomic mass is 32.2. The zero-order valence-electron chi connectivity index (χ0n) is 28.2. The molecule has 0 saturated carbocycles. The summed E-state index contributed by atoms with van der Waals surface area (Å²) in [5.74, 6) is -0.548. The standard InChI is InChI=1S/C36H42N6O6S/c1-4-39-19-21-40(22-20-39)27-14-17-41(18-15-27)33(43)24-36(30-7-6-16-38-34(30)48-5-2)31-23-26(25-37)8-13-32(31)42(35(36)44)49(45,46)29-11-9-28(47-3)10-12-29/h6-13,16,23,27H,4-5,14-15,17-22,24H2,1-3H3. The number of methoxy groups -OCH3 is 1. The number of pyridine rings is 1. The number of nitriles is 1. The van der Waals surface area contributed by atoms with Gasteiger partial charge in [0.05, 0.1) is 35.9 Å². The number of anilines is 1. The van der Waals surface area contributed by atoms with Crippen molar-refractivity contribution in [2.24, 2.45) is 0 Å². The molecule has 2 amide bonds. The van der Waals surface area contributed by atoms with Crippen LogP contribution in [0.25, 0.3) is 0 Å². The van der Waals surface area contributed by atoms with Gasteiger partial charge in [-0.3, -0.25) is 14.5 Å². The number of sulfonamides is 1. The van der Waals surface area contributed by atoms with E-state index in [1.54, 1.807) is 24.0 Å². The predicted molar refractivity (Wildman–Crippen MR) is 183 cm³/mol. The molecule has 6 rings (SSSR count). The number of piperazine rings is 1. The van der Waals surface area contributed by atoms with Crippen LogP contribution < -0.4 is 13.8 Å². The number of carbonyl (C=O) groups is 2. The Kier molecular flexibility index (Phi) is 9.92. The summed E-state index contributed by atoms with van der Waals surface area (Å²) in [5.41, 5.74) is -1.05. The SMILES string of the molecule is CCOc1ncccc1C1(CC(=O)N2CCC(N3CCN(CC)CC3)CC2)C(=O)N(S(=O)(=O)c2ccc(OC)cc2)c2ccc(C#N)cc21. The molecule has 3 aliphatic heterocycles. The molecule has 1 aromatic heterocycles. The second-order valence-corrected chi connectivity index (χ2v) is 14.3. The fourth-order valence-electron chi connectivity index (χ4n) is 7.37. The number of hydrogen-bond acceptors (Lipinski definition) is 10. The van der Waals surface area contributed by atoms with Crippen LogP contribution in [0.15, 0.2) is 65.7 Å². The summed E-state index contributed by atoms with van der Waals surface area (Å²) in [6, 6.07) is 16.0. The summed E-state index contributed by atoms with van der Waals surface area (Å²) in [5, 5.41) is 9.92. The van der Waals surface area contributed by atoms with Gasteiger partial charge in [0, 0.05) is 63.5 Å². The van der Waals surface area contributed by atoms with Crippen LogP contribution in [0.4, 0.5) is 5.69 Å². The Bertz CT molecular complexity index is 1850. The van der Waals surface area contributed by atoms with Crippen molar-refractivity contribution < 1.29 is 27.5 Å². The minimum Gasteiger partial charge on any atom is -0.497 e. The fourth-order valence-corrected chi connectivity index (χ4v) is 8.85. The molecule has 2 saturated heterocycles. The number of hydrogen-bond donors (Lipinski definition) is 0. The van der Waals surface area contributed by atoms with Gasteiger partial charge in [-0.1, -0.05) is 13.0 Å². The Hall–Kier alpha value is -4.51. The lowest BCUT2D eigenvalue weighted by molar-refractivity contribution is -0.136. The van der Waals surface area contributed by atoms with E-state index in [1.165, 1.54) is 55.8 Å². The van der Waals surface area contributed by atoms with Gasteiger partial charge in [-0.05, 0) is 80.4 Å². The molecule has 0 bridgehead atoms. The molecule has 12 nitrogen and oxygen atoms in total. The van der Waals surface area contributed by atoms with Crippen LogP contribution in [-0.4, -0.2) is 105 Å². The van der Waals surface area contributed by atoms with E-state index >= 15 is 4.79 Å². The van der Waals surface area contributed by atoms with Crippen molar-refractivity contribution >= 4 is 27.5 Å². The Labute approximate surface area is 287 Å². The number of fused-ring (bicyclic) bond motifs is 1. The number of aromatic nitrogens is 1. The maximum absolute atomic E-state index is 15.1. The molecule has 0 spiro atoms. The Morgan fingerprint density at radius 3 is 2.35 bits per heavy atom. The fraction of sp³-hybridized carbons (Fsp3) is 0.444. The molecule has 13 heteroatoms. The number of nitrogens with zero attached hydrogens (tertiary/aromatic N) is 6. The number of rotatable bonds is 10. The van der Waals surface area contributed by atoms with Crippen molar-refractivity contribution in [1.29, 1.82) is 5.26 Å². The predicted octanol–water partition coefficient (Wildman–Crippen LogP) is 3.40. The van der Waals surface area contributed by atoms with Crippen LogP contribution >= 0.6 is 0 Å². The first-order valence-corrected chi connectivity index (χ1v) is 18.2. The molecule has 0 radical (unpaired) electrons. The number of carbonyl (C=O) groups excluding carboxylic acids is 2.